The van der Waals surface area contributed by atoms with E-state index in [-0.39, 0.29) is 10.9 Å². The number of benzene rings is 2. The van der Waals surface area contributed by atoms with Crippen LogP contribution < -0.4 is 9.47 Å². The van der Waals surface area contributed by atoms with E-state index in [0.29, 0.717) is 18.0 Å². The minimum absolute atomic E-state index is 0.128. The molecule has 122 valence electrons. The highest BCUT2D eigenvalue weighted by molar-refractivity contribution is 7.89. The lowest BCUT2D eigenvalue weighted by molar-refractivity contribution is 0.201. The van der Waals surface area contributed by atoms with Crippen molar-refractivity contribution in [1.29, 1.82) is 0 Å². The van der Waals surface area contributed by atoms with Crippen molar-refractivity contribution in [1.82, 2.24) is 4.31 Å². The first-order chi connectivity index (χ1) is 11.1. The zero-order chi connectivity index (χ0) is 16.4. The summed E-state index contributed by atoms with van der Waals surface area (Å²) in [6.45, 7) is 0.502. The van der Waals surface area contributed by atoms with E-state index in [0.717, 1.165) is 12.0 Å². The highest BCUT2D eigenvalue weighted by Crippen LogP contribution is 2.40. The number of rotatable bonds is 5. The van der Waals surface area contributed by atoms with Crippen LogP contribution in [-0.4, -0.2) is 33.5 Å². The Morgan fingerprint density at radius 2 is 1.78 bits per heavy atom. The van der Waals surface area contributed by atoms with Gasteiger partial charge in [-0.2, -0.15) is 4.31 Å². The summed E-state index contributed by atoms with van der Waals surface area (Å²) in [5, 5.41) is 0. The molecule has 0 unspecified atom stereocenters. The van der Waals surface area contributed by atoms with Gasteiger partial charge in [0.05, 0.1) is 20.3 Å². The molecule has 0 bridgehead atoms. The molecule has 1 atom stereocenters. The molecule has 0 saturated carbocycles. The van der Waals surface area contributed by atoms with Crippen LogP contribution in [0.25, 0.3) is 0 Å². The van der Waals surface area contributed by atoms with Gasteiger partial charge in [-0.1, -0.05) is 30.3 Å². The Morgan fingerprint density at radius 3 is 2.35 bits per heavy atom. The number of nitrogens with zero attached hydrogens (tertiary/aromatic N) is 1. The van der Waals surface area contributed by atoms with Crippen LogP contribution in [0.15, 0.2) is 53.4 Å². The van der Waals surface area contributed by atoms with Gasteiger partial charge >= 0.3 is 0 Å². The second-order valence-electron chi connectivity index (χ2n) is 5.35. The van der Waals surface area contributed by atoms with E-state index in [1.54, 1.807) is 12.1 Å². The molecule has 6 heteroatoms. The molecular formula is C17H19NO4S. The normalized spacial score (nSPS) is 18.3. The first kappa shape index (κ1) is 15.8. The second-order valence-corrected chi connectivity index (χ2v) is 7.21. The summed E-state index contributed by atoms with van der Waals surface area (Å²) in [4.78, 5) is 0.139. The van der Waals surface area contributed by atoms with Gasteiger partial charge in [0.1, 0.15) is 16.4 Å². The fraction of sp³-hybridized carbons (Fsp3) is 0.294. The lowest BCUT2D eigenvalue weighted by atomic mass is 9.98. The van der Waals surface area contributed by atoms with Gasteiger partial charge in [0.2, 0.25) is 10.0 Å². The zero-order valence-electron chi connectivity index (χ0n) is 13.1. The molecule has 2 aromatic rings. The maximum Gasteiger partial charge on any atom is 0.247 e. The number of sulfonamides is 1. The highest BCUT2D eigenvalue weighted by atomic mass is 32.2. The Hall–Kier alpha value is -2.05. The van der Waals surface area contributed by atoms with E-state index in [2.05, 4.69) is 0 Å². The van der Waals surface area contributed by atoms with Crippen LogP contribution >= 0.6 is 0 Å². The summed E-state index contributed by atoms with van der Waals surface area (Å²) in [6, 6.07) is 14.4. The molecule has 0 N–H and O–H groups in total. The van der Waals surface area contributed by atoms with E-state index in [1.807, 2.05) is 30.3 Å². The van der Waals surface area contributed by atoms with Gasteiger partial charge in [0.15, 0.2) is 0 Å². The predicted molar refractivity (Wildman–Crippen MR) is 87.2 cm³/mol. The largest absolute Gasteiger partial charge is 0.497 e. The summed E-state index contributed by atoms with van der Waals surface area (Å²) in [7, 11) is -0.674. The van der Waals surface area contributed by atoms with Crippen LogP contribution in [-0.2, 0) is 10.0 Å². The van der Waals surface area contributed by atoms with Crippen molar-refractivity contribution in [3.05, 3.63) is 54.1 Å². The van der Waals surface area contributed by atoms with Crippen molar-refractivity contribution >= 4 is 10.0 Å². The molecule has 1 heterocycles. The molecule has 23 heavy (non-hydrogen) atoms. The monoisotopic (exact) mass is 333 g/mol. The van der Waals surface area contributed by atoms with Gasteiger partial charge in [-0.05, 0) is 24.1 Å². The fourth-order valence-electron chi connectivity index (χ4n) is 2.77. The van der Waals surface area contributed by atoms with E-state index in [1.165, 1.54) is 24.6 Å². The number of hydrogen-bond acceptors (Lipinski definition) is 4. The Kier molecular flexibility index (Phi) is 4.28. The van der Waals surface area contributed by atoms with Crippen molar-refractivity contribution in [3.8, 4) is 11.5 Å². The average Bonchev–Trinajstić information content (AvgIpc) is 2.53. The van der Waals surface area contributed by atoms with Gasteiger partial charge in [0.25, 0.3) is 0 Å². The molecule has 0 spiro atoms. The summed E-state index contributed by atoms with van der Waals surface area (Å²) >= 11 is 0. The minimum atomic E-state index is -3.65. The lowest BCUT2D eigenvalue weighted by Gasteiger charge is -2.40. The molecule has 0 aromatic heterocycles. The van der Waals surface area contributed by atoms with E-state index >= 15 is 0 Å². The summed E-state index contributed by atoms with van der Waals surface area (Å²) < 4.78 is 38.0. The van der Waals surface area contributed by atoms with Gasteiger partial charge in [-0.3, -0.25) is 0 Å². The molecule has 1 saturated heterocycles. The van der Waals surface area contributed by atoms with Crippen LogP contribution in [0.5, 0.6) is 11.5 Å². The smallest absolute Gasteiger partial charge is 0.247 e. The lowest BCUT2D eigenvalue weighted by Crippen LogP contribution is -2.45. The van der Waals surface area contributed by atoms with E-state index in [9.17, 15) is 8.42 Å². The van der Waals surface area contributed by atoms with Gasteiger partial charge < -0.3 is 9.47 Å². The number of methoxy groups -OCH3 is 2. The van der Waals surface area contributed by atoms with Crippen LogP contribution in [0.4, 0.5) is 0 Å². The molecule has 2 aromatic carbocycles. The summed E-state index contributed by atoms with van der Waals surface area (Å²) in [5.41, 5.74) is 1.00. The molecular weight excluding hydrogens is 314 g/mol. The second kappa shape index (κ2) is 6.22. The van der Waals surface area contributed by atoms with Crippen LogP contribution in [0.3, 0.4) is 0 Å². The minimum Gasteiger partial charge on any atom is -0.497 e. The zero-order valence-corrected chi connectivity index (χ0v) is 13.9. The molecule has 0 amide bonds. The van der Waals surface area contributed by atoms with Gasteiger partial charge in [-0.25, -0.2) is 8.42 Å². The fourth-order valence-corrected chi connectivity index (χ4v) is 4.60. The third kappa shape index (κ3) is 2.80. The molecule has 5 nitrogen and oxygen atoms in total. The SMILES string of the molecule is COc1ccc(OC)c(S(=O)(=O)N2CC[C@H]2c2ccccc2)c1. The van der Waals surface area contributed by atoms with Crippen molar-refractivity contribution in [2.45, 2.75) is 17.4 Å². The Balaban J connectivity index is 1.99. The first-order valence-electron chi connectivity index (χ1n) is 7.36. The molecule has 1 fully saturated rings. The first-order valence-corrected chi connectivity index (χ1v) is 8.80. The standard InChI is InChI=1S/C17H19NO4S/c1-21-14-8-9-16(22-2)17(12-14)23(19,20)18-11-10-15(18)13-6-4-3-5-7-13/h3-9,12,15H,10-11H2,1-2H3/t15-/m0/s1. The van der Waals surface area contributed by atoms with Crippen LogP contribution in [0.2, 0.25) is 0 Å². The Bertz CT molecular complexity index is 789. The average molecular weight is 333 g/mol. The van der Waals surface area contributed by atoms with Crippen molar-refractivity contribution < 1.29 is 17.9 Å². The highest BCUT2D eigenvalue weighted by Gasteiger charge is 2.40. The molecule has 1 aliphatic heterocycles. The quantitative estimate of drug-likeness (QED) is 0.844. The molecule has 3 rings (SSSR count). The molecule has 0 radical (unpaired) electrons. The Labute approximate surface area is 136 Å². The topological polar surface area (TPSA) is 55.8 Å². The van der Waals surface area contributed by atoms with Crippen molar-refractivity contribution in [2.75, 3.05) is 20.8 Å². The predicted octanol–water partition coefficient (Wildman–Crippen LogP) is 2.84. The van der Waals surface area contributed by atoms with Crippen LogP contribution in [0.1, 0.15) is 18.0 Å². The van der Waals surface area contributed by atoms with Crippen molar-refractivity contribution in [2.24, 2.45) is 0 Å². The van der Waals surface area contributed by atoms with Gasteiger partial charge in [-0.15, -0.1) is 0 Å². The summed E-state index contributed by atoms with van der Waals surface area (Å²) in [5.74, 6) is 0.811. The number of hydrogen-bond donors (Lipinski definition) is 0. The third-order valence-corrected chi connectivity index (χ3v) is 6.04. The van der Waals surface area contributed by atoms with E-state index in [4.69, 9.17) is 9.47 Å². The maximum atomic E-state index is 13.0. The van der Waals surface area contributed by atoms with Crippen molar-refractivity contribution in [3.63, 3.8) is 0 Å². The maximum absolute atomic E-state index is 13.0. The van der Waals surface area contributed by atoms with Gasteiger partial charge in [0, 0.05) is 12.6 Å². The van der Waals surface area contributed by atoms with E-state index < -0.39 is 10.0 Å². The van der Waals surface area contributed by atoms with Crippen LogP contribution in [0, 0.1) is 0 Å². The molecule has 1 aliphatic rings. The summed E-state index contributed by atoms with van der Waals surface area (Å²) in [6.07, 6.45) is 0.815. The number of ether oxygens (including phenoxy) is 2. The molecule has 0 aliphatic carbocycles. The Morgan fingerprint density at radius 1 is 1.04 bits per heavy atom. The third-order valence-electron chi connectivity index (χ3n) is 4.11.